The summed E-state index contributed by atoms with van der Waals surface area (Å²) >= 11 is 0. The average Bonchev–Trinajstić information content (AvgIpc) is 2.59. The van der Waals surface area contributed by atoms with Gasteiger partial charge in [-0.3, -0.25) is 0 Å². The molecule has 2 rings (SSSR count). The Labute approximate surface area is 87.9 Å². The molecule has 2 aromatic rings. The fourth-order valence-corrected chi connectivity index (χ4v) is 1.73. The van der Waals surface area contributed by atoms with E-state index < -0.39 is 5.97 Å². The maximum atomic E-state index is 10.8. The van der Waals surface area contributed by atoms with E-state index in [-0.39, 0.29) is 0 Å². The summed E-state index contributed by atoms with van der Waals surface area (Å²) in [6.45, 7) is 4.15. The van der Waals surface area contributed by atoms with Crippen molar-refractivity contribution >= 4 is 16.9 Å². The molecule has 3 heteroatoms. The average molecular weight is 203 g/mol. The monoisotopic (exact) mass is 203 g/mol. The highest BCUT2D eigenvalue weighted by molar-refractivity contribution is 5.93. The van der Waals surface area contributed by atoms with E-state index in [1.165, 1.54) is 0 Å². The lowest BCUT2D eigenvalue weighted by molar-refractivity contribution is 0.0697. The van der Waals surface area contributed by atoms with Crippen molar-refractivity contribution in [2.75, 3.05) is 0 Å². The molecule has 1 heterocycles. The van der Waals surface area contributed by atoms with E-state index in [2.05, 4.69) is 18.4 Å². The van der Waals surface area contributed by atoms with Gasteiger partial charge in [-0.25, -0.2) is 4.79 Å². The van der Waals surface area contributed by atoms with Crippen LogP contribution in [0.5, 0.6) is 0 Å². The van der Waals surface area contributed by atoms with Crippen LogP contribution in [0.25, 0.3) is 10.9 Å². The zero-order chi connectivity index (χ0) is 11.0. The number of carboxylic acids is 1. The zero-order valence-corrected chi connectivity index (χ0v) is 8.77. The van der Waals surface area contributed by atoms with Crippen LogP contribution in [0.1, 0.15) is 30.2 Å². The number of carbonyl (C=O) groups is 1. The molecular formula is C12H13NO2. The lowest BCUT2D eigenvalue weighted by Gasteiger charge is -2.09. The van der Waals surface area contributed by atoms with Gasteiger partial charge >= 0.3 is 5.97 Å². The third-order valence-electron chi connectivity index (χ3n) is 2.53. The van der Waals surface area contributed by atoms with E-state index in [1.54, 1.807) is 12.1 Å². The second-order valence-electron chi connectivity index (χ2n) is 3.90. The summed E-state index contributed by atoms with van der Waals surface area (Å²) in [5.74, 6) is -0.881. The number of hydrogen-bond donors (Lipinski definition) is 1. The first-order valence-electron chi connectivity index (χ1n) is 4.93. The van der Waals surface area contributed by atoms with Crippen molar-refractivity contribution in [3.8, 4) is 0 Å². The smallest absolute Gasteiger partial charge is 0.335 e. The standard InChI is InChI=1S/C12H13NO2/c1-8(2)13-6-5-9-3-4-10(12(14)15)7-11(9)13/h3-8H,1-2H3,(H,14,15). The Kier molecular flexibility index (Phi) is 2.23. The van der Waals surface area contributed by atoms with Gasteiger partial charge in [0, 0.05) is 17.8 Å². The van der Waals surface area contributed by atoms with Crippen molar-refractivity contribution in [1.29, 1.82) is 0 Å². The van der Waals surface area contributed by atoms with Gasteiger partial charge in [-0.2, -0.15) is 0 Å². The molecule has 0 radical (unpaired) electrons. The summed E-state index contributed by atoms with van der Waals surface area (Å²) in [7, 11) is 0. The maximum Gasteiger partial charge on any atom is 0.335 e. The van der Waals surface area contributed by atoms with Crippen LogP contribution in [0.3, 0.4) is 0 Å². The van der Waals surface area contributed by atoms with Gasteiger partial charge in [0.1, 0.15) is 0 Å². The molecule has 1 aromatic heterocycles. The van der Waals surface area contributed by atoms with Crippen LogP contribution in [-0.4, -0.2) is 15.6 Å². The highest BCUT2D eigenvalue weighted by Crippen LogP contribution is 2.21. The first kappa shape index (κ1) is 9.77. The first-order chi connectivity index (χ1) is 7.09. The highest BCUT2D eigenvalue weighted by Gasteiger charge is 2.08. The minimum atomic E-state index is -0.881. The number of aromatic nitrogens is 1. The largest absolute Gasteiger partial charge is 0.478 e. The van der Waals surface area contributed by atoms with Gasteiger partial charge in [0.25, 0.3) is 0 Å². The molecule has 0 aliphatic rings. The van der Waals surface area contributed by atoms with E-state index in [0.717, 1.165) is 10.9 Å². The van der Waals surface area contributed by atoms with E-state index in [0.29, 0.717) is 11.6 Å². The first-order valence-corrected chi connectivity index (χ1v) is 4.93. The lowest BCUT2D eigenvalue weighted by atomic mass is 10.1. The number of rotatable bonds is 2. The molecule has 0 fully saturated rings. The van der Waals surface area contributed by atoms with Crippen LogP contribution >= 0.6 is 0 Å². The van der Waals surface area contributed by atoms with E-state index in [1.807, 2.05) is 18.3 Å². The molecule has 1 N–H and O–H groups in total. The van der Waals surface area contributed by atoms with Crippen molar-refractivity contribution < 1.29 is 9.90 Å². The van der Waals surface area contributed by atoms with Gasteiger partial charge in [0.15, 0.2) is 0 Å². The van der Waals surface area contributed by atoms with E-state index in [9.17, 15) is 4.79 Å². The SMILES string of the molecule is CC(C)n1ccc2ccc(C(=O)O)cc21. The molecule has 0 saturated carbocycles. The van der Waals surface area contributed by atoms with Crippen LogP contribution in [0.2, 0.25) is 0 Å². The van der Waals surface area contributed by atoms with Crippen molar-refractivity contribution in [2.24, 2.45) is 0 Å². The minimum absolute atomic E-state index is 0.336. The van der Waals surface area contributed by atoms with Crippen LogP contribution in [0.4, 0.5) is 0 Å². The molecule has 0 aliphatic heterocycles. The second-order valence-corrected chi connectivity index (χ2v) is 3.90. The summed E-state index contributed by atoms with van der Waals surface area (Å²) < 4.78 is 2.07. The number of benzene rings is 1. The van der Waals surface area contributed by atoms with Gasteiger partial charge < -0.3 is 9.67 Å². The predicted molar refractivity (Wildman–Crippen MR) is 59.3 cm³/mol. The Morgan fingerprint density at radius 2 is 2.07 bits per heavy atom. The molecule has 3 nitrogen and oxygen atoms in total. The van der Waals surface area contributed by atoms with Crippen LogP contribution in [-0.2, 0) is 0 Å². The van der Waals surface area contributed by atoms with Gasteiger partial charge in [-0.15, -0.1) is 0 Å². The van der Waals surface area contributed by atoms with Gasteiger partial charge in [0.05, 0.1) is 5.56 Å². The van der Waals surface area contributed by atoms with Crippen molar-refractivity contribution in [3.63, 3.8) is 0 Å². The van der Waals surface area contributed by atoms with Crippen LogP contribution < -0.4 is 0 Å². The molecule has 78 valence electrons. The normalized spacial score (nSPS) is 11.1. The quantitative estimate of drug-likeness (QED) is 0.815. The molecule has 0 spiro atoms. The van der Waals surface area contributed by atoms with Crippen molar-refractivity contribution in [3.05, 3.63) is 36.0 Å². The van der Waals surface area contributed by atoms with Crippen LogP contribution in [0.15, 0.2) is 30.5 Å². The summed E-state index contributed by atoms with van der Waals surface area (Å²) in [6, 6.07) is 7.54. The van der Waals surface area contributed by atoms with E-state index >= 15 is 0 Å². The molecule has 0 aliphatic carbocycles. The molecule has 0 atom stereocenters. The molecule has 0 amide bonds. The third-order valence-corrected chi connectivity index (χ3v) is 2.53. The highest BCUT2D eigenvalue weighted by atomic mass is 16.4. The van der Waals surface area contributed by atoms with Gasteiger partial charge in [-0.05, 0) is 37.4 Å². The fraction of sp³-hybridized carbons (Fsp3) is 0.250. The Hall–Kier alpha value is -1.77. The summed E-state index contributed by atoms with van der Waals surface area (Å²) in [5.41, 5.74) is 1.31. The summed E-state index contributed by atoms with van der Waals surface area (Å²) in [6.07, 6.45) is 1.99. The molecule has 0 bridgehead atoms. The molecule has 15 heavy (non-hydrogen) atoms. The Morgan fingerprint density at radius 1 is 1.33 bits per heavy atom. The number of fused-ring (bicyclic) bond motifs is 1. The van der Waals surface area contributed by atoms with Crippen molar-refractivity contribution in [1.82, 2.24) is 4.57 Å². The molecule has 0 saturated heterocycles. The summed E-state index contributed by atoms with van der Waals surface area (Å²) in [4.78, 5) is 10.8. The number of aromatic carboxylic acids is 1. The summed E-state index contributed by atoms with van der Waals surface area (Å²) in [5, 5.41) is 9.98. The number of hydrogen-bond acceptors (Lipinski definition) is 1. The molecular weight excluding hydrogens is 190 g/mol. The van der Waals surface area contributed by atoms with Crippen molar-refractivity contribution in [2.45, 2.75) is 19.9 Å². The van der Waals surface area contributed by atoms with E-state index in [4.69, 9.17) is 5.11 Å². The molecule has 0 unspecified atom stereocenters. The number of nitrogens with zero attached hydrogens (tertiary/aromatic N) is 1. The predicted octanol–water partition coefficient (Wildman–Crippen LogP) is 2.92. The van der Waals surface area contributed by atoms with Gasteiger partial charge in [-0.1, -0.05) is 6.07 Å². The Morgan fingerprint density at radius 3 is 2.67 bits per heavy atom. The van der Waals surface area contributed by atoms with Gasteiger partial charge in [0.2, 0.25) is 0 Å². The molecule has 1 aromatic carbocycles. The topological polar surface area (TPSA) is 42.2 Å². The minimum Gasteiger partial charge on any atom is -0.478 e. The maximum absolute atomic E-state index is 10.8. The zero-order valence-electron chi connectivity index (χ0n) is 8.77. The Balaban J connectivity index is 2.66. The fourth-order valence-electron chi connectivity index (χ4n) is 1.73. The number of carboxylic acid groups (broad SMARTS) is 1. The third kappa shape index (κ3) is 1.61. The Bertz CT molecular complexity index is 511. The lowest BCUT2D eigenvalue weighted by Crippen LogP contribution is -2.00. The van der Waals surface area contributed by atoms with Crippen LogP contribution in [0, 0.1) is 0 Å². The second kappa shape index (κ2) is 3.42.